The van der Waals surface area contributed by atoms with Gasteiger partial charge in [0.1, 0.15) is 23.2 Å². The van der Waals surface area contributed by atoms with Crippen molar-refractivity contribution in [2.75, 3.05) is 0 Å². The molecule has 0 spiro atoms. The quantitative estimate of drug-likeness (QED) is 0.408. The Hall–Kier alpha value is -3.60. The van der Waals surface area contributed by atoms with E-state index >= 15 is 0 Å². The summed E-state index contributed by atoms with van der Waals surface area (Å²) < 4.78 is 50.8. The molecule has 3 N–H and O–H groups in total. The van der Waals surface area contributed by atoms with E-state index in [9.17, 15) is 22.8 Å². The van der Waals surface area contributed by atoms with Crippen molar-refractivity contribution >= 4 is 40.0 Å². The highest BCUT2D eigenvalue weighted by molar-refractivity contribution is 6.36. The lowest BCUT2D eigenvalue weighted by atomic mass is 9.91. The van der Waals surface area contributed by atoms with Crippen molar-refractivity contribution in [1.29, 1.82) is 0 Å². The van der Waals surface area contributed by atoms with Crippen molar-refractivity contribution in [2.24, 2.45) is 5.73 Å². The highest BCUT2D eigenvalue weighted by atomic mass is 35.5. The van der Waals surface area contributed by atoms with Crippen LogP contribution in [0.15, 0.2) is 41.2 Å². The van der Waals surface area contributed by atoms with Gasteiger partial charge in [0.25, 0.3) is 11.8 Å². The summed E-state index contributed by atoms with van der Waals surface area (Å²) in [5.74, 6) is -5.21. The third-order valence-electron chi connectivity index (χ3n) is 4.93. The number of carbonyl (C=O) groups excluding carboxylic acids is 2. The predicted octanol–water partition coefficient (Wildman–Crippen LogP) is 3.59. The van der Waals surface area contributed by atoms with Crippen LogP contribution in [-0.2, 0) is 16.1 Å². The molecule has 0 aliphatic heterocycles. The predicted molar refractivity (Wildman–Crippen MR) is 111 cm³/mol. The molecule has 1 aromatic carbocycles. The van der Waals surface area contributed by atoms with E-state index in [0.29, 0.717) is 0 Å². The van der Waals surface area contributed by atoms with Gasteiger partial charge in [0, 0.05) is 36.8 Å². The summed E-state index contributed by atoms with van der Waals surface area (Å²) in [6.07, 6.45) is 1.74. The number of alkyl halides is 2. The molecule has 0 atom stereocenters. The van der Waals surface area contributed by atoms with Crippen molar-refractivity contribution in [1.82, 2.24) is 15.3 Å². The number of furan rings is 1. The molecule has 172 valence electrons. The number of amides is 1. The van der Waals surface area contributed by atoms with Gasteiger partial charge in [-0.15, -0.1) is 0 Å². The van der Waals surface area contributed by atoms with Crippen LogP contribution in [-0.4, -0.2) is 33.9 Å². The van der Waals surface area contributed by atoms with E-state index < -0.39 is 42.6 Å². The first-order valence-corrected chi connectivity index (χ1v) is 10.0. The minimum Gasteiger partial charge on any atom is -0.458 e. The number of fused-ring (bicyclic) bond motifs is 1. The highest BCUT2D eigenvalue weighted by Crippen LogP contribution is 2.40. The summed E-state index contributed by atoms with van der Waals surface area (Å²) in [4.78, 5) is 32.9. The number of aromatic nitrogens is 2. The average molecular weight is 481 g/mol. The van der Waals surface area contributed by atoms with Gasteiger partial charge >= 0.3 is 5.97 Å². The molecule has 0 bridgehead atoms. The number of halogens is 4. The van der Waals surface area contributed by atoms with Gasteiger partial charge in [0.05, 0.1) is 17.1 Å². The zero-order valence-electron chi connectivity index (χ0n) is 16.8. The standard InChI is InChI=1S/C21H16ClF3N4O4/c22-16-12-4-10(23)5-13(20(31)32-11-6-21(24,25)7-11)17(12)33-15(16)9-29-19(30)14(8-26)18-27-2-1-3-28-18/h1-5,8,11H,6-7,9,26H2,(H,29,30)/b14-8+. The van der Waals surface area contributed by atoms with Crippen LogP contribution < -0.4 is 11.1 Å². The topological polar surface area (TPSA) is 120 Å². The molecule has 2 heterocycles. The van der Waals surface area contributed by atoms with E-state index in [4.69, 9.17) is 26.5 Å². The Balaban J connectivity index is 1.54. The van der Waals surface area contributed by atoms with Gasteiger partial charge in [-0.1, -0.05) is 11.6 Å². The van der Waals surface area contributed by atoms with E-state index in [1.807, 2.05) is 0 Å². The normalized spacial score (nSPS) is 15.8. The molecule has 8 nitrogen and oxygen atoms in total. The van der Waals surface area contributed by atoms with Crippen LogP contribution in [0.4, 0.5) is 13.2 Å². The van der Waals surface area contributed by atoms with Crippen LogP contribution >= 0.6 is 11.6 Å². The molecule has 1 saturated carbocycles. The van der Waals surface area contributed by atoms with Gasteiger partial charge in [-0.05, 0) is 18.2 Å². The molecule has 2 aromatic heterocycles. The maximum absolute atomic E-state index is 14.1. The molecule has 33 heavy (non-hydrogen) atoms. The number of carbonyl (C=O) groups is 2. The fraction of sp³-hybridized carbons (Fsp3) is 0.238. The van der Waals surface area contributed by atoms with Crippen molar-refractivity contribution < 1.29 is 31.9 Å². The lowest BCUT2D eigenvalue weighted by molar-refractivity contribution is -0.146. The zero-order valence-corrected chi connectivity index (χ0v) is 17.5. The molecule has 1 aliphatic carbocycles. The van der Waals surface area contributed by atoms with Gasteiger partial charge in [-0.3, -0.25) is 4.79 Å². The molecule has 1 fully saturated rings. The third-order valence-corrected chi connectivity index (χ3v) is 5.35. The number of benzene rings is 1. The van der Waals surface area contributed by atoms with E-state index in [0.717, 1.165) is 18.3 Å². The first kappa shape index (κ1) is 22.6. The van der Waals surface area contributed by atoms with Crippen LogP contribution in [0.25, 0.3) is 16.5 Å². The van der Waals surface area contributed by atoms with Gasteiger partial charge in [0.15, 0.2) is 11.4 Å². The number of nitrogens with one attached hydrogen (secondary N) is 1. The lowest BCUT2D eigenvalue weighted by Gasteiger charge is -2.33. The second-order valence-electron chi connectivity index (χ2n) is 7.30. The summed E-state index contributed by atoms with van der Waals surface area (Å²) in [7, 11) is 0. The average Bonchev–Trinajstić information content (AvgIpc) is 3.07. The molecule has 0 radical (unpaired) electrons. The second kappa shape index (κ2) is 8.74. The number of hydrogen-bond acceptors (Lipinski definition) is 7. The number of nitrogens with two attached hydrogens (primary N) is 1. The SMILES string of the molecule is N/C=C(/C(=O)NCc1oc2c(C(=O)OC3CC(F)(F)C3)cc(F)cc2c1Cl)c1ncccn1. The molecule has 3 aromatic rings. The van der Waals surface area contributed by atoms with Gasteiger partial charge in [-0.2, -0.15) is 0 Å². The molecule has 12 heteroatoms. The minimum absolute atomic E-state index is 0.00422. The first-order valence-electron chi connectivity index (χ1n) is 9.65. The molecule has 0 saturated heterocycles. The Kier molecular flexibility index (Phi) is 5.98. The Morgan fingerprint density at radius 3 is 2.64 bits per heavy atom. The van der Waals surface area contributed by atoms with Crippen LogP contribution in [0.5, 0.6) is 0 Å². The van der Waals surface area contributed by atoms with Gasteiger partial charge < -0.3 is 20.2 Å². The Bertz CT molecular complexity index is 1260. The van der Waals surface area contributed by atoms with E-state index in [-0.39, 0.29) is 45.3 Å². The number of nitrogens with zero attached hydrogens (tertiary/aromatic N) is 2. The molecular weight excluding hydrogens is 465 g/mol. The second-order valence-corrected chi connectivity index (χ2v) is 7.67. The Morgan fingerprint density at radius 1 is 1.30 bits per heavy atom. The summed E-state index contributed by atoms with van der Waals surface area (Å²) in [5.41, 5.74) is 5.11. The van der Waals surface area contributed by atoms with Crippen LogP contribution in [0.2, 0.25) is 5.02 Å². The maximum atomic E-state index is 14.1. The maximum Gasteiger partial charge on any atom is 0.342 e. The third kappa shape index (κ3) is 4.63. The van der Waals surface area contributed by atoms with Gasteiger partial charge in [0.2, 0.25) is 0 Å². The largest absolute Gasteiger partial charge is 0.458 e. The number of ether oxygens (including phenoxy) is 1. The fourth-order valence-electron chi connectivity index (χ4n) is 3.30. The summed E-state index contributed by atoms with van der Waals surface area (Å²) >= 11 is 6.27. The Morgan fingerprint density at radius 2 is 2.00 bits per heavy atom. The monoisotopic (exact) mass is 480 g/mol. The minimum atomic E-state index is -2.89. The summed E-state index contributed by atoms with van der Waals surface area (Å²) in [6.45, 7) is -0.235. The van der Waals surface area contributed by atoms with E-state index in [1.54, 1.807) is 6.07 Å². The van der Waals surface area contributed by atoms with Crippen molar-refractivity contribution in [3.8, 4) is 0 Å². The van der Waals surface area contributed by atoms with Crippen molar-refractivity contribution in [2.45, 2.75) is 31.4 Å². The summed E-state index contributed by atoms with van der Waals surface area (Å²) in [6, 6.07) is 3.48. The van der Waals surface area contributed by atoms with E-state index in [1.165, 1.54) is 12.4 Å². The first-order chi connectivity index (χ1) is 15.7. The molecule has 1 amide bonds. The van der Waals surface area contributed by atoms with Crippen LogP contribution in [0.3, 0.4) is 0 Å². The number of rotatable bonds is 6. The lowest BCUT2D eigenvalue weighted by Crippen LogP contribution is -2.42. The van der Waals surface area contributed by atoms with Gasteiger partial charge in [-0.25, -0.2) is 27.9 Å². The molecule has 0 unspecified atom stereocenters. The molecule has 4 rings (SSSR count). The van der Waals surface area contributed by atoms with Crippen LogP contribution in [0, 0.1) is 5.82 Å². The Labute approximate surface area is 189 Å². The van der Waals surface area contributed by atoms with Crippen LogP contribution in [0.1, 0.15) is 34.8 Å². The summed E-state index contributed by atoms with van der Waals surface area (Å²) in [5, 5.41) is 2.56. The van der Waals surface area contributed by atoms with Crippen molar-refractivity contribution in [3.05, 3.63) is 64.8 Å². The van der Waals surface area contributed by atoms with Crippen molar-refractivity contribution in [3.63, 3.8) is 0 Å². The molecular formula is C21H16ClF3N4O4. The van der Waals surface area contributed by atoms with E-state index in [2.05, 4.69) is 15.3 Å². The highest BCUT2D eigenvalue weighted by Gasteiger charge is 2.47. The fourth-order valence-corrected chi connectivity index (χ4v) is 3.55. The number of esters is 1. The smallest absolute Gasteiger partial charge is 0.342 e. The molecule has 1 aliphatic rings. The number of hydrogen-bond donors (Lipinski definition) is 2. The zero-order chi connectivity index (χ0) is 23.8.